The number of nitrogens with one attached hydrogen (secondary N) is 1. The Morgan fingerprint density at radius 3 is 2.82 bits per heavy atom. The largest absolute Gasteiger partial charge is 0.342 e. The first kappa shape index (κ1) is 18.9. The van der Waals surface area contributed by atoms with Crippen molar-refractivity contribution in [3.05, 3.63) is 46.1 Å². The highest BCUT2D eigenvalue weighted by atomic mass is 16.1. The summed E-state index contributed by atoms with van der Waals surface area (Å²) in [4.78, 5) is 24.8. The van der Waals surface area contributed by atoms with E-state index in [1.807, 2.05) is 13.1 Å². The van der Waals surface area contributed by atoms with Crippen LogP contribution in [0, 0.1) is 6.92 Å². The zero-order valence-electron chi connectivity index (χ0n) is 16.7. The maximum Gasteiger partial charge on any atom is 0.252 e. The maximum absolute atomic E-state index is 12.3. The third kappa shape index (κ3) is 4.19. The molecule has 4 heterocycles. The Bertz CT molecular complexity index is 879. The van der Waals surface area contributed by atoms with Crippen LogP contribution in [0.4, 0.5) is 5.95 Å². The van der Waals surface area contributed by atoms with Gasteiger partial charge >= 0.3 is 0 Å². The molecule has 2 saturated heterocycles. The number of likely N-dealkylation sites (tertiary alicyclic amines) is 1. The van der Waals surface area contributed by atoms with Crippen molar-refractivity contribution in [3.8, 4) is 0 Å². The fourth-order valence-electron chi connectivity index (χ4n) is 4.38. The molecule has 0 amide bonds. The Morgan fingerprint density at radius 2 is 2.07 bits per heavy atom. The Morgan fingerprint density at radius 1 is 1.25 bits per heavy atom. The number of hydrogen-bond donors (Lipinski definition) is 1. The van der Waals surface area contributed by atoms with Gasteiger partial charge in [-0.1, -0.05) is 6.58 Å². The number of rotatable bonds is 5. The molecule has 2 aromatic heterocycles. The molecule has 0 spiro atoms. The van der Waals surface area contributed by atoms with Gasteiger partial charge in [-0.2, -0.15) is 5.10 Å². The van der Waals surface area contributed by atoms with E-state index in [1.165, 1.54) is 24.8 Å². The van der Waals surface area contributed by atoms with Crippen LogP contribution in [0.5, 0.6) is 0 Å². The molecular weight excluding hydrogens is 352 g/mol. The molecule has 2 fully saturated rings. The molecule has 7 nitrogen and oxygen atoms in total. The molecule has 2 aromatic rings. The molecule has 28 heavy (non-hydrogen) atoms. The summed E-state index contributed by atoms with van der Waals surface area (Å²) in [7, 11) is 0. The maximum atomic E-state index is 12.3. The van der Waals surface area contributed by atoms with E-state index in [1.54, 1.807) is 16.9 Å². The summed E-state index contributed by atoms with van der Waals surface area (Å²) in [5.41, 5.74) is 3.18. The van der Waals surface area contributed by atoms with Gasteiger partial charge in [0, 0.05) is 56.1 Å². The Labute approximate surface area is 166 Å². The number of hydrogen-bond acceptors (Lipinski definition) is 5. The normalized spacial score (nSPS) is 21.0. The molecule has 0 bridgehead atoms. The molecule has 0 saturated carbocycles. The van der Waals surface area contributed by atoms with E-state index in [-0.39, 0.29) is 5.56 Å². The highest BCUT2D eigenvalue weighted by Crippen LogP contribution is 2.27. The highest BCUT2D eigenvalue weighted by molar-refractivity contribution is 5.32. The van der Waals surface area contributed by atoms with Crippen molar-refractivity contribution in [2.75, 3.05) is 31.1 Å². The number of H-pyrrole nitrogens is 1. The second kappa shape index (κ2) is 8.31. The van der Waals surface area contributed by atoms with E-state index in [0.717, 1.165) is 62.9 Å². The minimum Gasteiger partial charge on any atom is -0.342 e. The van der Waals surface area contributed by atoms with Crippen LogP contribution < -0.4 is 10.5 Å². The molecule has 2 aliphatic heterocycles. The van der Waals surface area contributed by atoms with Crippen LogP contribution in [0.2, 0.25) is 0 Å². The number of piperidine rings is 2. The lowest BCUT2D eigenvalue weighted by Gasteiger charge is -2.33. The van der Waals surface area contributed by atoms with Gasteiger partial charge in [-0.25, -0.2) is 9.67 Å². The van der Waals surface area contributed by atoms with Gasteiger partial charge in [0.15, 0.2) is 0 Å². The zero-order chi connectivity index (χ0) is 19.5. The summed E-state index contributed by atoms with van der Waals surface area (Å²) in [5.74, 6) is 1.05. The second-order valence-corrected chi connectivity index (χ2v) is 8.02. The summed E-state index contributed by atoms with van der Waals surface area (Å²) in [6.07, 6.45) is 9.57. The predicted octanol–water partition coefficient (Wildman–Crippen LogP) is 2.75. The summed E-state index contributed by atoms with van der Waals surface area (Å²) >= 11 is 0. The van der Waals surface area contributed by atoms with Crippen LogP contribution in [0.3, 0.4) is 0 Å². The van der Waals surface area contributed by atoms with Crippen LogP contribution in [0.15, 0.2) is 23.6 Å². The fraction of sp³-hybridized carbons (Fsp3) is 0.571. The molecule has 0 aliphatic carbocycles. The van der Waals surface area contributed by atoms with Crippen LogP contribution in [0.25, 0.3) is 6.20 Å². The average Bonchev–Trinajstić information content (AvgIpc) is 3.08. The van der Waals surface area contributed by atoms with Gasteiger partial charge in [-0.05, 0) is 45.6 Å². The van der Waals surface area contributed by atoms with Crippen LogP contribution in [-0.2, 0) is 6.54 Å². The van der Waals surface area contributed by atoms with E-state index in [9.17, 15) is 4.79 Å². The van der Waals surface area contributed by atoms with Crippen molar-refractivity contribution in [1.82, 2.24) is 24.6 Å². The molecule has 4 rings (SSSR count). The Balaban J connectivity index is 1.49. The van der Waals surface area contributed by atoms with E-state index < -0.39 is 0 Å². The van der Waals surface area contributed by atoms with Crippen molar-refractivity contribution in [2.24, 2.45) is 0 Å². The first-order chi connectivity index (χ1) is 13.6. The predicted molar refractivity (Wildman–Crippen MR) is 112 cm³/mol. The fourth-order valence-corrected chi connectivity index (χ4v) is 4.38. The molecule has 0 unspecified atom stereocenters. The quantitative estimate of drug-likeness (QED) is 0.861. The number of nitrogens with zero attached hydrogens (tertiary/aromatic N) is 5. The summed E-state index contributed by atoms with van der Waals surface area (Å²) in [6, 6.07) is 1.70. The van der Waals surface area contributed by atoms with Gasteiger partial charge in [0.1, 0.15) is 0 Å². The molecule has 1 N–H and O–H groups in total. The third-order valence-corrected chi connectivity index (χ3v) is 5.93. The summed E-state index contributed by atoms with van der Waals surface area (Å²) < 4.78 is 1.77. The van der Waals surface area contributed by atoms with Gasteiger partial charge in [0.2, 0.25) is 5.95 Å². The van der Waals surface area contributed by atoms with Gasteiger partial charge < -0.3 is 4.90 Å². The first-order valence-electron chi connectivity index (χ1n) is 10.4. The highest BCUT2D eigenvalue weighted by Gasteiger charge is 2.25. The summed E-state index contributed by atoms with van der Waals surface area (Å²) in [6.45, 7) is 10.7. The molecule has 0 radical (unpaired) electrons. The molecular formula is C21H30N6O. The van der Waals surface area contributed by atoms with E-state index >= 15 is 0 Å². The minimum absolute atomic E-state index is 0.0363. The second-order valence-electron chi connectivity index (χ2n) is 8.02. The monoisotopic (exact) mass is 382 g/mol. The lowest BCUT2D eigenvalue weighted by Crippen LogP contribution is -2.36. The van der Waals surface area contributed by atoms with Crippen LogP contribution >= 0.6 is 0 Å². The molecule has 2 aliphatic rings. The lowest BCUT2D eigenvalue weighted by molar-refractivity contribution is 0.198. The standard InChI is InChI=1S/C21H30N6O/c1-3-27-15-18(16(2)24-27)14-25-9-7-8-17(13-25)19-12-20(28)23-21(22-19)26-10-5-4-6-11-26/h3,12,15,17H,1,4-11,13-14H2,2H3,(H,22,23,28)/t17-/m0/s1. The van der Waals surface area contributed by atoms with Gasteiger partial charge in [-0.3, -0.25) is 14.7 Å². The molecule has 1 atom stereocenters. The van der Waals surface area contributed by atoms with Gasteiger partial charge in [0.25, 0.3) is 5.56 Å². The topological polar surface area (TPSA) is 70.1 Å². The minimum atomic E-state index is -0.0363. The molecule has 150 valence electrons. The van der Waals surface area contributed by atoms with E-state index in [0.29, 0.717) is 5.92 Å². The van der Waals surface area contributed by atoms with E-state index in [4.69, 9.17) is 4.98 Å². The Kier molecular flexibility index (Phi) is 5.62. The number of aromatic amines is 1. The number of aromatic nitrogens is 4. The van der Waals surface area contributed by atoms with Gasteiger partial charge in [0.05, 0.1) is 11.4 Å². The zero-order valence-corrected chi connectivity index (χ0v) is 16.7. The van der Waals surface area contributed by atoms with Crippen molar-refractivity contribution in [1.29, 1.82) is 0 Å². The molecule has 0 aromatic carbocycles. The average molecular weight is 383 g/mol. The first-order valence-corrected chi connectivity index (χ1v) is 10.4. The lowest BCUT2D eigenvalue weighted by atomic mass is 9.94. The Hall–Kier alpha value is -2.41. The molecule has 7 heteroatoms. The van der Waals surface area contributed by atoms with Crippen molar-refractivity contribution < 1.29 is 0 Å². The number of anilines is 1. The smallest absolute Gasteiger partial charge is 0.252 e. The summed E-state index contributed by atoms with van der Waals surface area (Å²) in [5, 5.41) is 4.46. The van der Waals surface area contributed by atoms with Crippen LogP contribution in [-0.4, -0.2) is 50.8 Å². The van der Waals surface area contributed by atoms with Crippen molar-refractivity contribution in [2.45, 2.75) is 51.5 Å². The SMILES string of the molecule is C=Cn1cc(CN2CCC[C@H](c3cc(=O)[nH]c(N4CCCCC4)n3)C2)c(C)n1. The van der Waals surface area contributed by atoms with Crippen molar-refractivity contribution >= 4 is 12.1 Å². The van der Waals surface area contributed by atoms with Crippen LogP contribution in [0.1, 0.15) is 55.0 Å². The number of aryl methyl sites for hydroxylation is 1. The van der Waals surface area contributed by atoms with Crippen molar-refractivity contribution in [3.63, 3.8) is 0 Å². The van der Waals surface area contributed by atoms with E-state index in [2.05, 4.69) is 26.5 Å². The third-order valence-electron chi connectivity index (χ3n) is 5.93. The van der Waals surface area contributed by atoms with Gasteiger partial charge in [-0.15, -0.1) is 0 Å².